The summed E-state index contributed by atoms with van der Waals surface area (Å²) < 4.78 is 0. The quantitative estimate of drug-likeness (QED) is 0.492. The molecule has 0 aromatic heterocycles. The van der Waals surface area contributed by atoms with E-state index in [9.17, 15) is 4.79 Å². The Morgan fingerprint density at radius 3 is 2.46 bits per heavy atom. The topological polar surface area (TPSA) is 53.2 Å². The molecule has 2 rings (SSSR count). The molecule has 2 aliphatic rings. The minimum absolute atomic E-state index is 0.207. The van der Waals surface area contributed by atoms with Gasteiger partial charge in [0.05, 0.1) is 0 Å². The predicted molar refractivity (Wildman–Crippen MR) is 50.4 cm³/mol. The van der Waals surface area contributed by atoms with Crippen LogP contribution in [0.1, 0.15) is 12.8 Å². The van der Waals surface area contributed by atoms with Crippen LogP contribution in [-0.2, 0) is 4.79 Å². The van der Waals surface area contributed by atoms with Crippen LogP contribution in [0.5, 0.6) is 0 Å². The average Bonchev–Trinajstić information content (AvgIpc) is 2.16. The first-order chi connectivity index (χ1) is 6.29. The highest BCUT2D eigenvalue weighted by Crippen LogP contribution is 2.22. The van der Waals surface area contributed by atoms with Gasteiger partial charge >= 0.3 is 0 Å². The van der Waals surface area contributed by atoms with Gasteiger partial charge in [0.25, 0.3) is 0 Å². The van der Waals surface area contributed by atoms with E-state index in [0.29, 0.717) is 12.1 Å². The molecule has 3 N–H and O–H groups in total. The molecular formula is C9H17N3O. The zero-order valence-corrected chi connectivity index (χ0v) is 7.97. The summed E-state index contributed by atoms with van der Waals surface area (Å²) in [5, 5.41) is 9.63. The lowest BCUT2D eigenvalue weighted by atomic mass is 9.85. The summed E-state index contributed by atoms with van der Waals surface area (Å²) in [6, 6.07) is 0.990. The molecule has 2 saturated heterocycles. The summed E-state index contributed by atoms with van der Waals surface area (Å²) in [7, 11) is 1.72. The van der Waals surface area contributed by atoms with E-state index >= 15 is 0 Å². The Morgan fingerprint density at radius 1 is 1.31 bits per heavy atom. The average molecular weight is 183 g/mol. The number of piperidine rings is 1. The number of carbonyl (C=O) groups is 1. The van der Waals surface area contributed by atoms with E-state index in [2.05, 4.69) is 16.0 Å². The Bertz CT molecular complexity index is 195. The number of hydrogen-bond acceptors (Lipinski definition) is 3. The maximum atomic E-state index is 11.4. The van der Waals surface area contributed by atoms with Crippen LogP contribution in [0.25, 0.3) is 0 Å². The molecule has 2 aliphatic heterocycles. The van der Waals surface area contributed by atoms with Crippen LogP contribution in [0.2, 0.25) is 0 Å². The third-order valence-corrected chi connectivity index (χ3v) is 3.01. The van der Waals surface area contributed by atoms with Crippen molar-refractivity contribution < 1.29 is 4.79 Å². The molecule has 74 valence electrons. The predicted octanol–water partition coefficient (Wildman–Crippen LogP) is -0.928. The second-order valence-electron chi connectivity index (χ2n) is 4.00. The Balaban J connectivity index is 1.97. The number of piperazine rings is 1. The monoisotopic (exact) mass is 183 g/mol. The number of rotatable bonds is 1. The molecule has 0 radical (unpaired) electrons. The lowest BCUT2D eigenvalue weighted by molar-refractivity contribution is -0.126. The highest BCUT2D eigenvalue weighted by Gasteiger charge is 2.33. The maximum Gasteiger partial charge on any atom is 0.222 e. The molecule has 13 heavy (non-hydrogen) atoms. The zero-order chi connectivity index (χ0) is 9.26. The summed E-state index contributed by atoms with van der Waals surface area (Å²) in [5.41, 5.74) is 0. The Kier molecular flexibility index (Phi) is 2.51. The first-order valence-electron chi connectivity index (χ1n) is 4.98. The third kappa shape index (κ3) is 1.84. The minimum atomic E-state index is 0.207. The molecule has 0 spiro atoms. The fourth-order valence-electron chi connectivity index (χ4n) is 2.39. The SMILES string of the molecule is CNC(=O)C1CC2CNCC(C1)N2. The maximum absolute atomic E-state index is 11.4. The van der Waals surface area contributed by atoms with Gasteiger partial charge in [-0.05, 0) is 12.8 Å². The molecule has 2 bridgehead atoms. The third-order valence-electron chi connectivity index (χ3n) is 3.01. The molecule has 4 nitrogen and oxygen atoms in total. The highest BCUT2D eigenvalue weighted by molar-refractivity contribution is 5.78. The molecule has 2 atom stereocenters. The van der Waals surface area contributed by atoms with Crippen molar-refractivity contribution in [3.05, 3.63) is 0 Å². The van der Waals surface area contributed by atoms with Crippen molar-refractivity contribution in [2.45, 2.75) is 24.9 Å². The molecule has 4 heteroatoms. The van der Waals surface area contributed by atoms with Gasteiger partial charge in [0, 0.05) is 38.1 Å². The van der Waals surface area contributed by atoms with Crippen LogP contribution in [0.3, 0.4) is 0 Å². The van der Waals surface area contributed by atoms with E-state index in [-0.39, 0.29) is 11.8 Å². The Labute approximate surface area is 78.5 Å². The summed E-state index contributed by atoms with van der Waals surface area (Å²) in [4.78, 5) is 11.4. The van der Waals surface area contributed by atoms with Gasteiger partial charge in [0.1, 0.15) is 0 Å². The van der Waals surface area contributed by atoms with Gasteiger partial charge in [-0.2, -0.15) is 0 Å². The van der Waals surface area contributed by atoms with E-state index in [0.717, 1.165) is 25.9 Å². The van der Waals surface area contributed by atoms with Crippen LogP contribution in [0.4, 0.5) is 0 Å². The van der Waals surface area contributed by atoms with E-state index in [1.165, 1.54) is 0 Å². The van der Waals surface area contributed by atoms with Crippen molar-refractivity contribution in [1.29, 1.82) is 0 Å². The normalized spacial score (nSPS) is 38.4. The summed E-state index contributed by atoms with van der Waals surface area (Å²) in [6.07, 6.45) is 1.95. The fraction of sp³-hybridized carbons (Fsp3) is 0.889. The molecule has 0 aromatic carbocycles. The lowest BCUT2D eigenvalue weighted by Crippen LogP contribution is -2.60. The molecule has 2 heterocycles. The number of fused-ring (bicyclic) bond motifs is 2. The van der Waals surface area contributed by atoms with Crippen LogP contribution in [0.15, 0.2) is 0 Å². The summed E-state index contributed by atoms with van der Waals surface area (Å²) in [5.74, 6) is 0.432. The fourth-order valence-corrected chi connectivity index (χ4v) is 2.39. The summed E-state index contributed by atoms with van der Waals surface area (Å²) >= 11 is 0. The molecule has 0 saturated carbocycles. The van der Waals surface area contributed by atoms with Crippen molar-refractivity contribution in [3.8, 4) is 0 Å². The smallest absolute Gasteiger partial charge is 0.222 e. The van der Waals surface area contributed by atoms with Gasteiger partial charge in [0.2, 0.25) is 5.91 Å². The molecule has 2 unspecified atom stereocenters. The molecular weight excluding hydrogens is 166 g/mol. The van der Waals surface area contributed by atoms with Crippen molar-refractivity contribution in [1.82, 2.24) is 16.0 Å². The van der Waals surface area contributed by atoms with Gasteiger partial charge < -0.3 is 16.0 Å². The van der Waals surface area contributed by atoms with E-state index in [1.807, 2.05) is 0 Å². The highest BCUT2D eigenvalue weighted by atomic mass is 16.1. The minimum Gasteiger partial charge on any atom is -0.359 e. The largest absolute Gasteiger partial charge is 0.359 e. The molecule has 1 amide bonds. The van der Waals surface area contributed by atoms with E-state index in [1.54, 1.807) is 7.05 Å². The summed E-state index contributed by atoms with van der Waals surface area (Å²) in [6.45, 7) is 2.01. The van der Waals surface area contributed by atoms with Gasteiger partial charge in [-0.15, -0.1) is 0 Å². The van der Waals surface area contributed by atoms with Crippen molar-refractivity contribution in [2.75, 3.05) is 20.1 Å². The van der Waals surface area contributed by atoms with Crippen LogP contribution in [0, 0.1) is 5.92 Å². The number of hydrogen-bond donors (Lipinski definition) is 3. The van der Waals surface area contributed by atoms with Gasteiger partial charge in [-0.1, -0.05) is 0 Å². The van der Waals surface area contributed by atoms with Crippen molar-refractivity contribution in [2.24, 2.45) is 5.92 Å². The molecule has 0 aliphatic carbocycles. The van der Waals surface area contributed by atoms with E-state index < -0.39 is 0 Å². The Hall–Kier alpha value is -0.610. The van der Waals surface area contributed by atoms with Crippen molar-refractivity contribution >= 4 is 5.91 Å². The van der Waals surface area contributed by atoms with Crippen molar-refractivity contribution in [3.63, 3.8) is 0 Å². The Morgan fingerprint density at radius 2 is 1.92 bits per heavy atom. The van der Waals surface area contributed by atoms with Crippen LogP contribution >= 0.6 is 0 Å². The number of amides is 1. The second-order valence-corrected chi connectivity index (χ2v) is 4.00. The number of carbonyl (C=O) groups excluding carboxylic acids is 1. The lowest BCUT2D eigenvalue weighted by Gasteiger charge is -2.40. The van der Waals surface area contributed by atoms with Gasteiger partial charge in [0.15, 0.2) is 0 Å². The van der Waals surface area contributed by atoms with Gasteiger partial charge in [-0.3, -0.25) is 4.79 Å². The number of nitrogens with one attached hydrogen (secondary N) is 3. The van der Waals surface area contributed by atoms with E-state index in [4.69, 9.17) is 0 Å². The zero-order valence-electron chi connectivity index (χ0n) is 7.97. The van der Waals surface area contributed by atoms with Crippen LogP contribution < -0.4 is 16.0 Å². The first-order valence-corrected chi connectivity index (χ1v) is 4.98. The molecule has 0 aromatic rings. The standard InChI is InChI=1S/C9H17N3O/c1-10-9(13)6-2-7-4-11-5-8(3-6)12-7/h6-8,11-12H,2-5H2,1H3,(H,10,13). The second kappa shape index (κ2) is 3.64. The van der Waals surface area contributed by atoms with Gasteiger partial charge in [-0.25, -0.2) is 0 Å². The van der Waals surface area contributed by atoms with Crippen LogP contribution in [-0.4, -0.2) is 38.1 Å². The molecule has 2 fully saturated rings. The first kappa shape index (κ1) is 8.97.